The lowest BCUT2D eigenvalue weighted by Gasteiger charge is -2.08. The minimum absolute atomic E-state index is 0.144. The maximum atomic E-state index is 13.0. The normalized spacial score (nSPS) is 10.3. The van der Waals surface area contributed by atoms with Crippen LogP contribution in [-0.4, -0.2) is 5.84 Å². The first-order valence-electron chi connectivity index (χ1n) is 5.24. The molecule has 98 valence electrons. The van der Waals surface area contributed by atoms with E-state index in [1.807, 2.05) is 0 Å². The minimum atomic E-state index is -0.996. The van der Waals surface area contributed by atoms with Crippen LogP contribution in [0.3, 0.4) is 0 Å². The summed E-state index contributed by atoms with van der Waals surface area (Å²) in [7, 11) is 0. The highest BCUT2D eigenvalue weighted by Gasteiger charge is 2.07. The second kappa shape index (κ2) is 5.24. The Morgan fingerprint density at radius 3 is 2.26 bits per heavy atom. The fraction of sp³-hybridized carbons (Fsp3) is 0. The molecule has 2 aromatic rings. The average Bonchev–Trinajstić information content (AvgIpc) is 2.33. The van der Waals surface area contributed by atoms with Crippen LogP contribution in [0.2, 0.25) is 5.02 Å². The van der Waals surface area contributed by atoms with Gasteiger partial charge in [0.15, 0.2) is 11.6 Å². The zero-order valence-electron chi connectivity index (χ0n) is 9.58. The Morgan fingerprint density at radius 1 is 1.05 bits per heavy atom. The molecule has 2 rings (SSSR count). The van der Waals surface area contributed by atoms with Crippen molar-refractivity contribution >= 4 is 17.4 Å². The van der Waals surface area contributed by atoms with Crippen molar-refractivity contribution < 1.29 is 13.5 Å². The highest BCUT2D eigenvalue weighted by Crippen LogP contribution is 2.27. The molecule has 0 aliphatic heterocycles. The summed E-state index contributed by atoms with van der Waals surface area (Å²) in [5.74, 6) is -1.63. The molecule has 0 atom stereocenters. The van der Waals surface area contributed by atoms with Gasteiger partial charge in [-0.25, -0.2) is 8.78 Å². The van der Waals surface area contributed by atoms with Crippen molar-refractivity contribution in [2.75, 3.05) is 0 Å². The number of nitrogens with one attached hydrogen (secondary N) is 1. The quantitative estimate of drug-likeness (QED) is 0.666. The summed E-state index contributed by atoms with van der Waals surface area (Å²) < 4.78 is 31.1. The van der Waals surface area contributed by atoms with Crippen LogP contribution in [0.4, 0.5) is 8.78 Å². The summed E-state index contributed by atoms with van der Waals surface area (Å²) in [6.07, 6.45) is 0. The Labute approximate surface area is 113 Å². The van der Waals surface area contributed by atoms with E-state index in [0.717, 1.165) is 12.1 Å². The van der Waals surface area contributed by atoms with Gasteiger partial charge < -0.3 is 10.5 Å². The molecule has 0 aliphatic rings. The molecule has 0 heterocycles. The van der Waals surface area contributed by atoms with Gasteiger partial charge in [-0.3, -0.25) is 5.41 Å². The Bertz CT molecular complexity index is 647. The molecule has 0 amide bonds. The lowest BCUT2D eigenvalue weighted by atomic mass is 10.2. The van der Waals surface area contributed by atoms with E-state index in [1.54, 1.807) is 0 Å². The Morgan fingerprint density at radius 2 is 1.68 bits per heavy atom. The Balaban J connectivity index is 2.26. The molecule has 0 fully saturated rings. The summed E-state index contributed by atoms with van der Waals surface area (Å²) >= 11 is 5.91. The number of amidine groups is 1. The van der Waals surface area contributed by atoms with Crippen LogP contribution in [0.1, 0.15) is 5.56 Å². The summed E-state index contributed by atoms with van der Waals surface area (Å²) in [6, 6.07) is 7.69. The van der Waals surface area contributed by atoms with Crippen molar-refractivity contribution in [2.24, 2.45) is 5.73 Å². The van der Waals surface area contributed by atoms with Crippen LogP contribution in [-0.2, 0) is 0 Å². The third-order valence-electron chi connectivity index (χ3n) is 2.36. The molecule has 0 saturated carbocycles. The molecule has 6 heteroatoms. The number of hydrogen-bond donors (Lipinski definition) is 2. The lowest BCUT2D eigenvalue weighted by Crippen LogP contribution is -2.11. The monoisotopic (exact) mass is 282 g/mol. The fourth-order valence-corrected chi connectivity index (χ4v) is 1.73. The van der Waals surface area contributed by atoms with Crippen molar-refractivity contribution in [3.8, 4) is 11.5 Å². The van der Waals surface area contributed by atoms with E-state index in [1.165, 1.54) is 24.3 Å². The molecule has 19 heavy (non-hydrogen) atoms. The summed E-state index contributed by atoms with van der Waals surface area (Å²) in [6.45, 7) is 0. The molecule has 0 unspecified atom stereocenters. The SMILES string of the molecule is N=C(N)c1ccc(Oc2ccc(F)c(F)c2)cc1Cl. The maximum Gasteiger partial charge on any atom is 0.162 e. The molecule has 3 nitrogen and oxygen atoms in total. The van der Waals surface area contributed by atoms with Crippen LogP contribution in [0.5, 0.6) is 11.5 Å². The van der Waals surface area contributed by atoms with Crippen molar-refractivity contribution in [1.29, 1.82) is 5.41 Å². The fourth-order valence-electron chi connectivity index (χ4n) is 1.45. The number of hydrogen-bond acceptors (Lipinski definition) is 2. The number of halogens is 3. The van der Waals surface area contributed by atoms with Gasteiger partial charge in [-0.15, -0.1) is 0 Å². The molecule has 0 spiro atoms. The molecular weight excluding hydrogens is 274 g/mol. The first kappa shape index (κ1) is 13.3. The van der Waals surface area contributed by atoms with Crippen molar-refractivity contribution in [1.82, 2.24) is 0 Å². The van der Waals surface area contributed by atoms with E-state index >= 15 is 0 Å². The van der Waals surface area contributed by atoms with Gasteiger partial charge in [-0.1, -0.05) is 11.6 Å². The van der Waals surface area contributed by atoms with E-state index < -0.39 is 11.6 Å². The predicted molar refractivity (Wildman–Crippen MR) is 68.9 cm³/mol. The van der Waals surface area contributed by atoms with Gasteiger partial charge >= 0.3 is 0 Å². The molecule has 0 aliphatic carbocycles. The molecule has 0 saturated heterocycles. The second-order valence-electron chi connectivity index (χ2n) is 3.73. The summed E-state index contributed by atoms with van der Waals surface area (Å²) in [5.41, 5.74) is 5.69. The average molecular weight is 283 g/mol. The zero-order chi connectivity index (χ0) is 14.0. The smallest absolute Gasteiger partial charge is 0.162 e. The first-order valence-corrected chi connectivity index (χ1v) is 5.62. The van der Waals surface area contributed by atoms with Crippen molar-refractivity contribution in [3.63, 3.8) is 0 Å². The zero-order valence-corrected chi connectivity index (χ0v) is 10.3. The molecule has 0 aromatic heterocycles. The van der Waals surface area contributed by atoms with Crippen LogP contribution in [0, 0.1) is 17.0 Å². The van der Waals surface area contributed by atoms with Gasteiger partial charge in [-0.05, 0) is 24.3 Å². The van der Waals surface area contributed by atoms with Crippen LogP contribution in [0.15, 0.2) is 36.4 Å². The van der Waals surface area contributed by atoms with Crippen LogP contribution in [0.25, 0.3) is 0 Å². The van der Waals surface area contributed by atoms with Gasteiger partial charge in [0.2, 0.25) is 0 Å². The summed E-state index contributed by atoms with van der Waals surface area (Å²) in [5, 5.41) is 7.52. The van der Waals surface area contributed by atoms with E-state index in [-0.39, 0.29) is 16.6 Å². The summed E-state index contributed by atoms with van der Waals surface area (Å²) in [4.78, 5) is 0. The van der Waals surface area contributed by atoms with E-state index in [0.29, 0.717) is 11.3 Å². The van der Waals surface area contributed by atoms with Crippen molar-refractivity contribution in [2.45, 2.75) is 0 Å². The number of nitrogen functional groups attached to an aromatic ring is 1. The standard InChI is InChI=1S/C13H9ClF2N2O/c14-10-5-7(1-3-9(10)13(17)18)19-8-2-4-11(15)12(16)6-8/h1-6H,(H3,17,18). The number of benzene rings is 2. The van der Waals surface area contributed by atoms with E-state index in [4.69, 9.17) is 27.5 Å². The largest absolute Gasteiger partial charge is 0.457 e. The van der Waals surface area contributed by atoms with Crippen LogP contribution >= 0.6 is 11.6 Å². The van der Waals surface area contributed by atoms with Gasteiger partial charge in [0.25, 0.3) is 0 Å². The minimum Gasteiger partial charge on any atom is -0.457 e. The van der Waals surface area contributed by atoms with Gasteiger partial charge in [0, 0.05) is 17.7 Å². The molecular formula is C13H9ClF2N2O. The molecule has 3 N–H and O–H groups in total. The highest BCUT2D eigenvalue weighted by atomic mass is 35.5. The third-order valence-corrected chi connectivity index (χ3v) is 2.67. The highest BCUT2D eigenvalue weighted by molar-refractivity contribution is 6.34. The molecule has 2 aromatic carbocycles. The Hall–Kier alpha value is -2.14. The predicted octanol–water partition coefficient (Wildman–Crippen LogP) is 3.69. The van der Waals surface area contributed by atoms with E-state index in [9.17, 15) is 8.78 Å². The van der Waals surface area contributed by atoms with Gasteiger partial charge in [0.05, 0.1) is 5.02 Å². The Kier molecular flexibility index (Phi) is 3.66. The van der Waals surface area contributed by atoms with Gasteiger partial charge in [-0.2, -0.15) is 0 Å². The first-order chi connectivity index (χ1) is 8.97. The number of ether oxygens (including phenoxy) is 1. The van der Waals surface area contributed by atoms with Crippen molar-refractivity contribution in [3.05, 3.63) is 58.6 Å². The van der Waals surface area contributed by atoms with Gasteiger partial charge in [0.1, 0.15) is 17.3 Å². The third kappa shape index (κ3) is 3.00. The second-order valence-corrected chi connectivity index (χ2v) is 4.14. The molecule has 0 bridgehead atoms. The number of rotatable bonds is 3. The van der Waals surface area contributed by atoms with E-state index in [2.05, 4.69) is 0 Å². The molecule has 0 radical (unpaired) electrons. The van der Waals surface area contributed by atoms with Crippen LogP contribution < -0.4 is 10.5 Å². The lowest BCUT2D eigenvalue weighted by molar-refractivity contribution is 0.461. The maximum absolute atomic E-state index is 13.0. The number of nitrogens with two attached hydrogens (primary N) is 1. The topological polar surface area (TPSA) is 59.1 Å².